The van der Waals surface area contributed by atoms with E-state index in [1.165, 1.54) is 14.2 Å². The fourth-order valence-electron chi connectivity index (χ4n) is 4.03. The summed E-state index contributed by atoms with van der Waals surface area (Å²) < 4.78 is 20.9. The minimum Gasteiger partial charge on any atom is -0.497 e. The largest absolute Gasteiger partial charge is 0.497 e. The zero-order valence-corrected chi connectivity index (χ0v) is 23.0. The van der Waals surface area contributed by atoms with Gasteiger partial charge in [0.25, 0.3) is 0 Å². The summed E-state index contributed by atoms with van der Waals surface area (Å²) in [5.41, 5.74) is 4.35. The Morgan fingerprint density at radius 2 is 1.69 bits per heavy atom. The number of nitrogens with zero attached hydrogens (tertiary/aromatic N) is 1. The van der Waals surface area contributed by atoms with Gasteiger partial charge in [0, 0.05) is 12.1 Å². The van der Waals surface area contributed by atoms with Gasteiger partial charge in [-0.3, -0.25) is 9.78 Å². The number of unbranched alkanes of at least 4 members (excludes halogenated alkanes) is 2. The number of allylic oxidation sites excluding steroid dienone is 1. The molecule has 0 aliphatic rings. The number of esters is 2. The van der Waals surface area contributed by atoms with Crippen LogP contribution in [0.5, 0.6) is 11.5 Å². The average molecular weight is 532 g/mol. The number of hydrogen-bond donors (Lipinski definition) is 0. The van der Waals surface area contributed by atoms with Crippen molar-refractivity contribution in [1.82, 2.24) is 4.98 Å². The average Bonchev–Trinajstić information content (AvgIpc) is 2.98. The fourth-order valence-corrected chi connectivity index (χ4v) is 4.03. The molecule has 39 heavy (non-hydrogen) atoms. The third-order valence-electron chi connectivity index (χ3n) is 6.25. The van der Waals surface area contributed by atoms with Crippen LogP contribution >= 0.6 is 0 Å². The number of aromatic nitrogens is 1. The van der Waals surface area contributed by atoms with E-state index in [1.807, 2.05) is 54.6 Å². The molecule has 206 valence electrons. The Morgan fingerprint density at radius 1 is 0.872 bits per heavy atom. The second-order valence-corrected chi connectivity index (χ2v) is 9.04. The summed E-state index contributed by atoms with van der Waals surface area (Å²) in [5, 5.41) is 0. The van der Waals surface area contributed by atoms with Crippen LogP contribution in [0.1, 0.15) is 58.6 Å². The fraction of sp³-hybridized carbons (Fsp3) is 0.344. The minimum atomic E-state index is -0.352. The topological polar surface area (TPSA) is 84.0 Å². The number of pyridine rings is 1. The Kier molecular flexibility index (Phi) is 12.0. The highest BCUT2D eigenvalue weighted by Gasteiger charge is 2.12. The van der Waals surface area contributed by atoms with Crippen molar-refractivity contribution in [2.75, 3.05) is 27.9 Å². The highest BCUT2D eigenvalue weighted by Crippen LogP contribution is 2.21. The van der Waals surface area contributed by atoms with Crippen molar-refractivity contribution >= 4 is 18.0 Å². The Morgan fingerprint density at radius 3 is 2.44 bits per heavy atom. The van der Waals surface area contributed by atoms with Crippen molar-refractivity contribution < 1.29 is 28.5 Å². The van der Waals surface area contributed by atoms with Gasteiger partial charge < -0.3 is 18.9 Å². The lowest BCUT2D eigenvalue weighted by molar-refractivity contribution is -0.140. The molecule has 0 unspecified atom stereocenters. The number of carbonyl (C=O) groups excluding carboxylic acids is 2. The Hall–Kier alpha value is -4.13. The summed E-state index contributed by atoms with van der Waals surface area (Å²) >= 11 is 0. The van der Waals surface area contributed by atoms with Gasteiger partial charge >= 0.3 is 11.9 Å². The van der Waals surface area contributed by atoms with Crippen LogP contribution in [-0.2, 0) is 33.5 Å². The van der Waals surface area contributed by atoms with Gasteiger partial charge in [-0.15, -0.1) is 0 Å². The third-order valence-corrected chi connectivity index (χ3v) is 6.25. The second kappa shape index (κ2) is 16.0. The first-order valence-corrected chi connectivity index (χ1v) is 13.2. The van der Waals surface area contributed by atoms with Gasteiger partial charge in [-0.05, 0) is 79.6 Å². The predicted octanol–water partition coefficient (Wildman–Crippen LogP) is 6.03. The molecule has 0 aliphatic carbocycles. The van der Waals surface area contributed by atoms with Crippen molar-refractivity contribution in [2.45, 2.75) is 44.9 Å². The van der Waals surface area contributed by atoms with E-state index in [4.69, 9.17) is 23.9 Å². The van der Waals surface area contributed by atoms with E-state index >= 15 is 0 Å². The highest BCUT2D eigenvalue weighted by atomic mass is 16.5. The van der Waals surface area contributed by atoms with E-state index in [-0.39, 0.29) is 18.4 Å². The van der Waals surface area contributed by atoms with Crippen LogP contribution < -0.4 is 9.47 Å². The highest BCUT2D eigenvalue weighted by molar-refractivity contribution is 5.89. The zero-order valence-electron chi connectivity index (χ0n) is 23.0. The molecule has 0 aliphatic heterocycles. The number of benzene rings is 2. The van der Waals surface area contributed by atoms with E-state index in [1.54, 1.807) is 13.2 Å². The summed E-state index contributed by atoms with van der Waals surface area (Å²) in [5.74, 6) is 0.915. The van der Waals surface area contributed by atoms with Gasteiger partial charge in [-0.1, -0.05) is 36.4 Å². The molecule has 0 N–H and O–H groups in total. The molecule has 2 aromatic carbocycles. The SMILES string of the molecule is COC(=O)CCc1nc(CCc2cccc(C(=O)OC)c2)ccc1OCCCC/C=C/c1ccc(OC)cc1. The normalized spacial score (nSPS) is 10.8. The predicted molar refractivity (Wildman–Crippen MR) is 151 cm³/mol. The van der Waals surface area contributed by atoms with Gasteiger partial charge in [0.1, 0.15) is 11.5 Å². The van der Waals surface area contributed by atoms with Crippen molar-refractivity contribution in [2.24, 2.45) is 0 Å². The summed E-state index contributed by atoms with van der Waals surface area (Å²) in [6.45, 7) is 0.572. The molecule has 0 radical (unpaired) electrons. The first kappa shape index (κ1) is 29.4. The van der Waals surface area contributed by atoms with Crippen LogP contribution in [0.2, 0.25) is 0 Å². The second-order valence-electron chi connectivity index (χ2n) is 9.04. The molecule has 0 saturated heterocycles. The molecule has 0 amide bonds. The number of rotatable bonds is 15. The Bertz CT molecular complexity index is 1240. The molecule has 7 heteroatoms. The van der Waals surface area contributed by atoms with E-state index in [0.717, 1.165) is 53.9 Å². The maximum atomic E-state index is 11.8. The van der Waals surface area contributed by atoms with Gasteiger partial charge in [0.05, 0.1) is 45.6 Å². The molecule has 0 spiro atoms. The van der Waals surface area contributed by atoms with Crippen LogP contribution in [-0.4, -0.2) is 44.9 Å². The maximum absolute atomic E-state index is 11.8. The number of methoxy groups -OCH3 is 3. The summed E-state index contributed by atoms with van der Waals surface area (Å²) in [6.07, 6.45) is 9.23. The van der Waals surface area contributed by atoms with Gasteiger partial charge in [-0.25, -0.2) is 4.79 Å². The van der Waals surface area contributed by atoms with Crippen LogP contribution in [0.25, 0.3) is 6.08 Å². The smallest absolute Gasteiger partial charge is 0.337 e. The molecule has 3 aromatic rings. The number of aryl methyl sites for hydroxylation is 3. The molecular weight excluding hydrogens is 494 g/mol. The third kappa shape index (κ3) is 9.93. The van der Waals surface area contributed by atoms with E-state index in [2.05, 4.69) is 12.2 Å². The summed E-state index contributed by atoms with van der Waals surface area (Å²) in [7, 11) is 4.42. The molecule has 3 rings (SSSR count). The maximum Gasteiger partial charge on any atom is 0.337 e. The van der Waals surface area contributed by atoms with Crippen molar-refractivity contribution in [3.05, 3.63) is 94.8 Å². The van der Waals surface area contributed by atoms with Gasteiger partial charge in [0.2, 0.25) is 0 Å². The molecule has 1 heterocycles. The molecule has 0 bridgehead atoms. The first-order chi connectivity index (χ1) is 19.0. The van der Waals surface area contributed by atoms with Gasteiger partial charge in [0.15, 0.2) is 0 Å². The lowest BCUT2D eigenvalue weighted by atomic mass is 10.0. The number of carbonyl (C=O) groups is 2. The summed E-state index contributed by atoms with van der Waals surface area (Å²) in [6, 6.07) is 19.3. The molecular formula is C32H37NO6. The number of hydrogen-bond acceptors (Lipinski definition) is 7. The molecule has 1 aromatic heterocycles. The zero-order chi connectivity index (χ0) is 27.9. The summed E-state index contributed by atoms with van der Waals surface area (Å²) in [4.78, 5) is 28.4. The standard InChI is InChI=1S/C32H37NO6/c1-36-28-17-13-24(14-18-28)9-6-4-5-7-22-39-30-20-16-27(33-29(30)19-21-31(34)37-2)15-12-25-10-8-11-26(23-25)32(35)38-3/h6,8-11,13-14,16-18,20,23H,4-5,7,12,15,19,21-22H2,1-3H3/b9-6+. The minimum absolute atomic E-state index is 0.237. The quantitative estimate of drug-likeness (QED) is 0.175. The van der Waals surface area contributed by atoms with Crippen LogP contribution in [0, 0.1) is 0 Å². The van der Waals surface area contributed by atoms with Crippen LogP contribution in [0.3, 0.4) is 0 Å². The van der Waals surface area contributed by atoms with E-state index < -0.39 is 0 Å². The molecule has 7 nitrogen and oxygen atoms in total. The van der Waals surface area contributed by atoms with Crippen molar-refractivity contribution in [3.63, 3.8) is 0 Å². The monoisotopic (exact) mass is 531 g/mol. The van der Waals surface area contributed by atoms with Crippen molar-refractivity contribution in [1.29, 1.82) is 0 Å². The Balaban J connectivity index is 1.53. The van der Waals surface area contributed by atoms with Gasteiger partial charge in [-0.2, -0.15) is 0 Å². The number of ether oxygens (including phenoxy) is 4. The molecule has 0 saturated carbocycles. The first-order valence-electron chi connectivity index (χ1n) is 13.2. The lowest BCUT2D eigenvalue weighted by Crippen LogP contribution is -2.08. The lowest BCUT2D eigenvalue weighted by Gasteiger charge is -2.12. The Labute approximate surface area is 230 Å². The van der Waals surface area contributed by atoms with Crippen LogP contribution in [0.15, 0.2) is 66.7 Å². The molecule has 0 fully saturated rings. The van der Waals surface area contributed by atoms with Crippen molar-refractivity contribution in [3.8, 4) is 11.5 Å². The van der Waals surface area contributed by atoms with E-state index in [0.29, 0.717) is 30.8 Å². The van der Waals surface area contributed by atoms with Crippen LogP contribution in [0.4, 0.5) is 0 Å². The van der Waals surface area contributed by atoms with E-state index in [9.17, 15) is 9.59 Å². The molecule has 0 atom stereocenters.